The van der Waals surface area contributed by atoms with E-state index in [1.54, 1.807) is 24.3 Å². The summed E-state index contributed by atoms with van der Waals surface area (Å²) in [5.41, 5.74) is 7.07. The number of rotatable bonds is 7. The van der Waals surface area contributed by atoms with Gasteiger partial charge in [-0.1, -0.05) is 31.4 Å². The molecule has 1 heterocycles. The molecule has 0 saturated heterocycles. The van der Waals surface area contributed by atoms with Crippen LogP contribution in [0.1, 0.15) is 66.7 Å². The van der Waals surface area contributed by atoms with Crippen LogP contribution in [0.2, 0.25) is 0 Å². The van der Waals surface area contributed by atoms with E-state index in [0.717, 1.165) is 43.2 Å². The number of hydrogen-bond donors (Lipinski definition) is 2. The molecule has 0 bridgehead atoms. The molecule has 2 aliphatic rings. The molecule has 2 aromatic rings. The van der Waals surface area contributed by atoms with E-state index in [0.29, 0.717) is 24.4 Å². The van der Waals surface area contributed by atoms with Crippen molar-refractivity contribution in [1.29, 1.82) is 0 Å². The van der Waals surface area contributed by atoms with Crippen molar-refractivity contribution in [2.45, 2.75) is 69.7 Å². The predicted molar refractivity (Wildman–Crippen MR) is 132 cm³/mol. The van der Waals surface area contributed by atoms with Crippen LogP contribution >= 0.6 is 12.4 Å². The van der Waals surface area contributed by atoms with Gasteiger partial charge >= 0.3 is 12.1 Å². The average Bonchev–Trinajstić information content (AvgIpc) is 3.26. The Kier molecular flexibility index (Phi) is 8.89. The number of benzene rings is 2. The quantitative estimate of drug-likeness (QED) is 0.501. The SMILES string of the molecule is Cl.NC(CC(=O)N1CCc2cc(OCc3ccc(C4CCCCC4)cc3C(F)(F)F)ccc21)C(=O)O. The van der Waals surface area contributed by atoms with Crippen LogP contribution < -0.4 is 15.4 Å². The number of anilines is 1. The largest absolute Gasteiger partial charge is 0.489 e. The van der Waals surface area contributed by atoms with E-state index in [4.69, 9.17) is 15.6 Å². The highest BCUT2D eigenvalue weighted by Crippen LogP contribution is 2.39. The Balaban J connectivity index is 0.00000361. The summed E-state index contributed by atoms with van der Waals surface area (Å²) in [4.78, 5) is 24.8. The lowest BCUT2D eigenvalue weighted by Gasteiger charge is -2.24. The number of halogens is 4. The van der Waals surface area contributed by atoms with Crippen LogP contribution in [0.25, 0.3) is 0 Å². The highest BCUT2D eigenvalue weighted by Gasteiger charge is 2.34. The monoisotopic (exact) mass is 526 g/mol. The molecule has 1 fully saturated rings. The fourth-order valence-electron chi connectivity index (χ4n) is 4.95. The fraction of sp³-hybridized carbons (Fsp3) is 0.462. The first-order chi connectivity index (χ1) is 16.6. The standard InChI is InChI=1S/C26H29F3N2O4.ClH/c27-26(28,29)21-13-17(16-4-2-1-3-5-16)6-7-19(21)15-35-20-8-9-23-18(12-20)10-11-31(23)24(32)14-22(30)25(33)34;/h6-9,12-13,16,22H,1-5,10-11,14-15,30H2,(H,33,34);1H. The second kappa shape index (κ2) is 11.5. The molecule has 196 valence electrons. The van der Waals surface area contributed by atoms with Crippen molar-refractivity contribution in [3.63, 3.8) is 0 Å². The van der Waals surface area contributed by atoms with Crippen LogP contribution in [0.4, 0.5) is 18.9 Å². The van der Waals surface area contributed by atoms with Crippen molar-refractivity contribution in [1.82, 2.24) is 0 Å². The number of nitrogens with two attached hydrogens (primary N) is 1. The van der Waals surface area contributed by atoms with Gasteiger partial charge < -0.3 is 20.5 Å². The summed E-state index contributed by atoms with van der Waals surface area (Å²) in [6, 6.07) is 8.29. The summed E-state index contributed by atoms with van der Waals surface area (Å²) in [6.07, 6.45) is 0.813. The molecule has 10 heteroatoms. The number of nitrogens with zero attached hydrogens (tertiary/aromatic N) is 1. The molecule has 1 aliphatic carbocycles. The van der Waals surface area contributed by atoms with E-state index < -0.39 is 23.8 Å². The molecule has 1 saturated carbocycles. The average molecular weight is 527 g/mol. The minimum atomic E-state index is -4.47. The highest BCUT2D eigenvalue weighted by molar-refractivity contribution is 5.97. The predicted octanol–water partition coefficient (Wildman–Crippen LogP) is 5.45. The van der Waals surface area contributed by atoms with Crippen LogP contribution in [-0.4, -0.2) is 29.6 Å². The molecule has 0 radical (unpaired) electrons. The Labute approximate surface area is 214 Å². The molecule has 2 aromatic carbocycles. The maximum absolute atomic E-state index is 13.8. The molecule has 1 amide bonds. The molecule has 1 unspecified atom stereocenters. The van der Waals surface area contributed by atoms with Gasteiger partial charge in [-0.25, -0.2) is 0 Å². The summed E-state index contributed by atoms with van der Waals surface area (Å²) in [6.45, 7) is 0.152. The molecular formula is C26H30ClF3N2O4. The Bertz CT molecular complexity index is 1100. The van der Waals surface area contributed by atoms with Crippen molar-refractivity contribution in [3.05, 3.63) is 58.7 Å². The number of amides is 1. The number of carbonyl (C=O) groups excluding carboxylic acids is 1. The summed E-state index contributed by atoms with van der Waals surface area (Å²) in [7, 11) is 0. The minimum absolute atomic E-state index is 0. The second-order valence-electron chi connectivity index (χ2n) is 9.27. The molecule has 1 aliphatic heterocycles. The van der Waals surface area contributed by atoms with Gasteiger partial charge in [0.15, 0.2) is 0 Å². The third-order valence-electron chi connectivity index (χ3n) is 6.87. The molecular weight excluding hydrogens is 497 g/mol. The zero-order valence-electron chi connectivity index (χ0n) is 19.7. The highest BCUT2D eigenvalue weighted by atomic mass is 35.5. The van der Waals surface area contributed by atoms with Gasteiger partial charge in [0.1, 0.15) is 18.4 Å². The van der Waals surface area contributed by atoms with Gasteiger partial charge in [-0.15, -0.1) is 12.4 Å². The number of fused-ring (bicyclic) bond motifs is 1. The zero-order chi connectivity index (χ0) is 25.2. The normalized spacial score (nSPS) is 16.7. The van der Waals surface area contributed by atoms with Crippen LogP contribution in [0.3, 0.4) is 0 Å². The van der Waals surface area contributed by atoms with Crippen molar-refractivity contribution in [3.8, 4) is 5.75 Å². The Morgan fingerprint density at radius 2 is 1.83 bits per heavy atom. The lowest BCUT2D eigenvalue weighted by Crippen LogP contribution is -2.38. The van der Waals surface area contributed by atoms with E-state index in [1.807, 2.05) is 0 Å². The van der Waals surface area contributed by atoms with Crippen molar-refractivity contribution in [2.24, 2.45) is 5.73 Å². The summed E-state index contributed by atoms with van der Waals surface area (Å²) in [5, 5.41) is 8.93. The maximum atomic E-state index is 13.8. The Hall–Kier alpha value is -2.78. The minimum Gasteiger partial charge on any atom is -0.489 e. The van der Waals surface area contributed by atoms with Crippen LogP contribution in [0, 0.1) is 0 Å². The van der Waals surface area contributed by atoms with Gasteiger partial charge in [-0.3, -0.25) is 9.59 Å². The topological polar surface area (TPSA) is 92.9 Å². The van der Waals surface area contributed by atoms with E-state index in [9.17, 15) is 22.8 Å². The van der Waals surface area contributed by atoms with Gasteiger partial charge in [0.2, 0.25) is 5.91 Å². The van der Waals surface area contributed by atoms with Crippen molar-refractivity contribution >= 4 is 30.0 Å². The van der Waals surface area contributed by atoms with Crippen LogP contribution in [0.15, 0.2) is 36.4 Å². The summed E-state index contributed by atoms with van der Waals surface area (Å²) >= 11 is 0. The van der Waals surface area contributed by atoms with Gasteiger partial charge in [0, 0.05) is 17.8 Å². The Morgan fingerprint density at radius 1 is 1.11 bits per heavy atom. The molecule has 4 rings (SSSR count). The van der Waals surface area contributed by atoms with E-state index in [2.05, 4.69) is 0 Å². The first-order valence-electron chi connectivity index (χ1n) is 11.9. The zero-order valence-corrected chi connectivity index (χ0v) is 20.5. The van der Waals surface area contributed by atoms with Gasteiger partial charge in [0.25, 0.3) is 0 Å². The number of aliphatic carboxylic acids is 1. The maximum Gasteiger partial charge on any atom is 0.416 e. The molecule has 36 heavy (non-hydrogen) atoms. The molecule has 3 N–H and O–H groups in total. The summed E-state index contributed by atoms with van der Waals surface area (Å²) in [5.74, 6) is -1.05. The second-order valence-corrected chi connectivity index (χ2v) is 9.27. The fourth-order valence-corrected chi connectivity index (χ4v) is 4.95. The number of carboxylic acid groups (broad SMARTS) is 1. The number of ether oxygens (including phenoxy) is 1. The first-order valence-corrected chi connectivity index (χ1v) is 11.9. The number of hydrogen-bond acceptors (Lipinski definition) is 4. The third-order valence-corrected chi connectivity index (χ3v) is 6.87. The van der Waals surface area contributed by atoms with Gasteiger partial charge in [0.05, 0.1) is 12.0 Å². The van der Waals surface area contributed by atoms with Gasteiger partial charge in [-0.05, 0) is 60.6 Å². The molecule has 1 atom stereocenters. The smallest absolute Gasteiger partial charge is 0.416 e. The lowest BCUT2D eigenvalue weighted by molar-refractivity contribution is -0.140. The Morgan fingerprint density at radius 3 is 2.50 bits per heavy atom. The summed E-state index contributed by atoms with van der Waals surface area (Å²) < 4.78 is 47.2. The molecule has 0 spiro atoms. The van der Waals surface area contributed by atoms with E-state index >= 15 is 0 Å². The van der Waals surface area contributed by atoms with Gasteiger partial charge in [-0.2, -0.15) is 13.2 Å². The molecule has 6 nitrogen and oxygen atoms in total. The third kappa shape index (κ3) is 6.31. The lowest BCUT2D eigenvalue weighted by atomic mass is 9.83. The van der Waals surface area contributed by atoms with E-state index in [-0.39, 0.29) is 42.8 Å². The van der Waals surface area contributed by atoms with E-state index in [1.165, 1.54) is 17.0 Å². The molecule has 0 aromatic heterocycles. The van der Waals surface area contributed by atoms with Crippen LogP contribution in [0.5, 0.6) is 5.75 Å². The number of alkyl halides is 3. The van der Waals surface area contributed by atoms with Crippen molar-refractivity contribution in [2.75, 3.05) is 11.4 Å². The number of carboxylic acids is 1. The number of carbonyl (C=O) groups is 2. The van der Waals surface area contributed by atoms with Crippen molar-refractivity contribution < 1.29 is 32.6 Å². The first kappa shape index (κ1) is 27.8. The van der Waals surface area contributed by atoms with Crippen LogP contribution in [-0.2, 0) is 28.8 Å².